The van der Waals surface area contributed by atoms with E-state index >= 15 is 0 Å². The van der Waals surface area contributed by atoms with Crippen LogP contribution in [0.15, 0.2) is 12.5 Å². The van der Waals surface area contributed by atoms with Crippen LogP contribution < -0.4 is 0 Å². The Kier molecular flexibility index (Phi) is 3.50. The van der Waals surface area contributed by atoms with Crippen LogP contribution in [0.2, 0.25) is 0 Å². The first-order valence-electron chi connectivity index (χ1n) is 5.09. The Labute approximate surface area is 90.1 Å². The number of rotatable bonds is 3. The molecule has 0 aliphatic carbocycles. The molecule has 0 saturated carbocycles. The highest BCUT2D eigenvalue weighted by Crippen LogP contribution is 2.13. The molecule has 1 heterocycles. The predicted octanol–water partition coefficient (Wildman–Crippen LogP) is 1.93. The molecule has 1 aromatic rings. The van der Waals surface area contributed by atoms with Gasteiger partial charge in [0, 0.05) is 12.6 Å². The minimum atomic E-state index is -0.420. The van der Waals surface area contributed by atoms with E-state index in [1.54, 1.807) is 12.5 Å². The van der Waals surface area contributed by atoms with Crippen molar-refractivity contribution in [1.29, 1.82) is 0 Å². The van der Waals surface area contributed by atoms with E-state index in [0.717, 1.165) is 5.69 Å². The number of aromatic nitrogens is 2. The van der Waals surface area contributed by atoms with Crippen molar-refractivity contribution in [3.8, 4) is 0 Å². The molecule has 1 unspecified atom stereocenters. The van der Waals surface area contributed by atoms with Gasteiger partial charge in [0.05, 0.1) is 17.9 Å². The van der Waals surface area contributed by atoms with Crippen LogP contribution in [-0.4, -0.2) is 21.5 Å². The fourth-order valence-electron chi connectivity index (χ4n) is 1.20. The molecule has 0 radical (unpaired) electrons. The van der Waals surface area contributed by atoms with Crippen LogP contribution in [0.3, 0.4) is 0 Å². The molecule has 1 atom stereocenters. The van der Waals surface area contributed by atoms with Crippen LogP contribution in [0.1, 0.15) is 33.4 Å². The summed E-state index contributed by atoms with van der Waals surface area (Å²) >= 11 is 0. The van der Waals surface area contributed by atoms with Gasteiger partial charge in [-0.1, -0.05) is 6.92 Å². The van der Waals surface area contributed by atoms with Crippen LogP contribution in [0.5, 0.6) is 0 Å². The van der Waals surface area contributed by atoms with Crippen LogP contribution in [0, 0.1) is 5.92 Å². The van der Waals surface area contributed by atoms with Gasteiger partial charge in [0.15, 0.2) is 0 Å². The molecule has 4 nitrogen and oxygen atoms in total. The first-order chi connectivity index (χ1) is 6.88. The first-order valence-corrected chi connectivity index (χ1v) is 5.09. The average molecular weight is 210 g/mol. The van der Waals surface area contributed by atoms with Crippen molar-refractivity contribution in [2.45, 2.75) is 39.7 Å². The van der Waals surface area contributed by atoms with Crippen molar-refractivity contribution in [2.75, 3.05) is 0 Å². The zero-order chi connectivity index (χ0) is 11.5. The van der Waals surface area contributed by atoms with Crippen molar-refractivity contribution in [2.24, 2.45) is 5.92 Å². The van der Waals surface area contributed by atoms with E-state index in [1.165, 1.54) is 0 Å². The molecule has 0 saturated heterocycles. The SMILES string of the molecule is CC(Cc1c[nH]cn1)C(=O)OC(C)(C)C. The van der Waals surface area contributed by atoms with E-state index in [-0.39, 0.29) is 11.9 Å². The Morgan fingerprint density at radius 1 is 1.60 bits per heavy atom. The molecule has 1 aromatic heterocycles. The van der Waals surface area contributed by atoms with Crippen molar-refractivity contribution < 1.29 is 9.53 Å². The molecule has 0 spiro atoms. The van der Waals surface area contributed by atoms with Gasteiger partial charge in [0.25, 0.3) is 0 Å². The molecule has 0 amide bonds. The maximum atomic E-state index is 11.6. The van der Waals surface area contributed by atoms with Gasteiger partial charge in [0.1, 0.15) is 5.60 Å². The summed E-state index contributed by atoms with van der Waals surface area (Å²) in [6.07, 6.45) is 4.01. The standard InChI is InChI=1S/C11H18N2O2/c1-8(5-9-6-12-7-13-9)10(14)15-11(2,3)4/h6-8H,5H2,1-4H3,(H,12,13). The van der Waals surface area contributed by atoms with E-state index in [1.807, 2.05) is 27.7 Å². The highest BCUT2D eigenvalue weighted by molar-refractivity contribution is 5.72. The van der Waals surface area contributed by atoms with Gasteiger partial charge >= 0.3 is 5.97 Å². The van der Waals surface area contributed by atoms with Crippen LogP contribution in [-0.2, 0) is 16.0 Å². The molecule has 15 heavy (non-hydrogen) atoms. The number of carbonyl (C=O) groups is 1. The zero-order valence-corrected chi connectivity index (χ0v) is 9.70. The Morgan fingerprint density at radius 3 is 2.73 bits per heavy atom. The first kappa shape index (κ1) is 11.8. The van der Waals surface area contributed by atoms with Gasteiger partial charge in [0.2, 0.25) is 0 Å². The molecule has 84 valence electrons. The topological polar surface area (TPSA) is 55.0 Å². The van der Waals surface area contributed by atoms with Crippen LogP contribution in [0.4, 0.5) is 0 Å². The fraction of sp³-hybridized carbons (Fsp3) is 0.636. The molecular formula is C11H18N2O2. The van der Waals surface area contributed by atoms with Crippen molar-refractivity contribution >= 4 is 5.97 Å². The average Bonchev–Trinajstić information content (AvgIpc) is 2.53. The van der Waals surface area contributed by atoms with Crippen LogP contribution in [0.25, 0.3) is 0 Å². The third-order valence-corrected chi connectivity index (χ3v) is 1.88. The number of hydrogen-bond donors (Lipinski definition) is 1. The van der Waals surface area contributed by atoms with E-state index < -0.39 is 5.60 Å². The van der Waals surface area contributed by atoms with E-state index in [0.29, 0.717) is 6.42 Å². The number of ether oxygens (including phenoxy) is 1. The molecule has 0 fully saturated rings. The largest absolute Gasteiger partial charge is 0.460 e. The number of esters is 1. The zero-order valence-electron chi connectivity index (χ0n) is 9.70. The third-order valence-electron chi connectivity index (χ3n) is 1.88. The lowest BCUT2D eigenvalue weighted by atomic mass is 10.1. The van der Waals surface area contributed by atoms with E-state index in [4.69, 9.17) is 4.74 Å². The van der Waals surface area contributed by atoms with Crippen molar-refractivity contribution in [3.05, 3.63) is 18.2 Å². The molecule has 0 aliphatic heterocycles. The summed E-state index contributed by atoms with van der Waals surface area (Å²) in [6.45, 7) is 7.45. The van der Waals surface area contributed by atoms with Gasteiger partial charge in [-0.3, -0.25) is 4.79 Å². The Bertz CT molecular complexity index is 312. The molecule has 0 bridgehead atoms. The summed E-state index contributed by atoms with van der Waals surface area (Å²) in [5.74, 6) is -0.335. The van der Waals surface area contributed by atoms with Crippen LogP contribution >= 0.6 is 0 Å². The monoisotopic (exact) mass is 210 g/mol. The highest BCUT2D eigenvalue weighted by Gasteiger charge is 2.22. The quantitative estimate of drug-likeness (QED) is 0.775. The van der Waals surface area contributed by atoms with Gasteiger partial charge < -0.3 is 9.72 Å². The summed E-state index contributed by atoms with van der Waals surface area (Å²) < 4.78 is 5.27. The van der Waals surface area contributed by atoms with Crippen molar-refractivity contribution in [3.63, 3.8) is 0 Å². The molecule has 1 N–H and O–H groups in total. The van der Waals surface area contributed by atoms with Gasteiger partial charge in [-0.05, 0) is 20.8 Å². The summed E-state index contributed by atoms with van der Waals surface area (Å²) in [5.41, 5.74) is 0.463. The highest BCUT2D eigenvalue weighted by atomic mass is 16.6. The second-order valence-electron chi connectivity index (χ2n) is 4.70. The lowest BCUT2D eigenvalue weighted by Gasteiger charge is -2.21. The minimum Gasteiger partial charge on any atom is -0.460 e. The lowest BCUT2D eigenvalue weighted by molar-refractivity contribution is -0.159. The van der Waals surface area contributed by atoms with Crippen molar-refractivity contribution in [1.82, 2.24) is 9.97 Å². The maximum absolute atomic E-state index is 11.6. The molecule has 0 aromatic carbocycles. The molecule has 1 rings (SSSR count). The van der Waals surface area contributed by atoms with Gasteiger partial charge in [-0.2, -0.15) is 0 Å². The molecular weight excluding hydrogens is 192 g/mol. The Hall–Kier alpha value is -1.32. The Morgan fingerprint density at radius 2 is 2.27 bits per heavy atom. The van der Waals surface area contributed by atoms with Gasteiger partial charge in [-0.15, -0.1) is 0 Å². The number of nitrogens with zero attached hydrogens (tertiary/aromatic N) is 1. The summed E-state index contributed by atoms with van der Waals surface area (Å²) in [4.78, 5) is 18.6. The summed E-state index contributed by atoms with van der Waals surface area (Å²) in [7, 11) is 0. The number of hydrogen-bond acceptors (Lipinski definition) is 3. The van der Waals surface area contributed by atoms with E-state index in [9.17, 15) is 4.79 Å². The van der Waals surface area contributed by atoms with Gasteiger partial charge in [-0.25, -0.2) is 4.98 Å². The molecule has 0 aliphatic rings. The second kappa shape index (κ2) is 4.47. The third kappa shape index (κ3) is 4.14. The number of imidazole rings is 1. The number of carbonyl (C=O) groups excluding carboxylic acids is 1. The summed E-state index contributed by atoms with van der Waals surface area (Å²) in [6, 6.07) is 0. The predicted molar refractivity (Wildman–Crippen MR) is 57.3 cm³/mol. The Balaban J connectivity index is 2.47. The number of nitrogens with one attached hydrogen (secondary N) is 1. The normalized spacial score (nSPS) is 13.6. The van der Waals surface area contributed by atoms with E-state index in [2.05, 4.69) is 9.97 Å². The lowest BCUT2D eigenvalue weighted by Crippen LogP contribution is -2.28. The smallest absolute Gasteiger partial charge is 0.309 e. The number of H-pyrrole nitrogens is 1. The summed E-state index contributed by atoms with van der Waals surface area (Å²) in [5, 5.41) is 0. The maximum Gasteiger partial charge on any atom is 0.309 e. The number of aromatic amines is 1. The second-order valence-corrected chi connectivity index (χ2v) is 4.70. The minimum absolute atomic E-state index is 0.160. The molecule has 4 heteroatoms. The fourth-order valence-corrected chi connectivity index (χ4v) is 1.20.